The number of hydrogen-bond acceptors (Lipinski definition) is 3. The normalized spacial score (nSPS) is 11.9. The van der Waals surface area contributed by atoms with Crippen LogP contribution in [0.2, 0.25) is 0 Å². The van der Waals surface area contributed by atoms with Gasteiger partial charge in [0.2, 0.25) is 0 Å². The summed E-state index contributed by atoms with van der Waals surface area (Å²) in [5, 5.41) is 19.9. The maximum Gasteiger partial charge on any atom is 0.326 e. The van der Waals surface area contributed by atoms with Gasteiger partial charge < -0.3 is 15.5 Å². The molecule has 0 fully saturated rings. The first-order valence-electron chi connectivity index (χ1n) is 4.94. The predicted octanol–water partition coefficient (Wildman–Crippen LogP) is 0.857. The van der Waals surface area contributed by atoms with E-state index in [-0.39, 0.29) is 13.0 Å². The number of halogens is 1. The minimum atomic E-state index is -1.15. The molecule has 6 heteroatoms. The number of carbonyl (C=O) groups excluding carboxylic acids is 1. The maximum atomic E-state index is 11.7. The van der Waals surface area contributed by atoms with E-state index in [2.05, 4.69) is 27.9 Å². The van der Waals surface area contributed by atoms with Crippen LogP contribution in [0.25, 0.3) is 0 Å². The Morgan fingerprint density at radius 2 is 1.88 bits per heavy atom. The van der Waals surface area contributed by atoms with Gasteiger partial charge in [-0.25, -0.2) is 4.79 Å². The Labute approximate surface area is 112 Å². The molecule has 0 aliphatic carbocycles. The number of aliphatic carboxylic acids is 1. The second-order valence-corrected chi connectivity index (χ2v) is 4.63. The summed E-state index contributed by atoms with van der Waals surface area (Å²) in [6, 6.07) is 5.70. The van der Waals surface area contributed by atoms with E-state index in [1.165, 1.54) is 0 Å². The van der Waals surface area contributed by atoms with Gasteiger partial charge in [-0.3, -0.25) is 4.79 Å². The van der Waals surface area contributed by atoms with Gasteiger partial charge in [0.25, 0.3) is 5.91 Å². The Balaban J connectivity index is 2.70. The number of rotatable bonds is 5. The summed E-state index contributed by atoms with van der Waals surface area (Å²) in [6.07, 6.45) is -0.00849. The summed E-state index contributed by atoms with van der Waals surface area (Å²) in [4.78, 5) is 22.5. The lowest BCUT2D eigenvalue weighted by molar-refractivity contribution is -0.139. The molecule has 1 unspecified atom stereocenters. The van der Waals surface area contributed by atoms with Crippen LogP contribution >= 0.6 is 22.6 Å². The van der Waals surface area contributed by atoms with Crippen LogP contribution in [0.5, 0.6) is 0 Å². The third-order valence-corrected chi connectivity index (χ3v) is 2.85. The van der Waals surface area contributed by atoms with E-state index in [1.807, 2.05) is 0 Å². The van der Waals surface area contributed by atoms with Gasteiger partial charge >= 0.3 is 5.97 Å². The van der Waals surface area contributed by atoms with Crippen molar-refractivity contribution in [2.75, 3.05) is 6.61 Å². The first kappa shape index (κ1) is 13.9. The molecule has 17 heavy (non-hydrogen) atoms. The van der Waals surface area contributed by atoms with Crippen molar-refractivity contribution < 1.29 is 19.8 Å². The molecular formula is C11H12INO4. The molecule has 1 aromatic rings. The topological polar surface area (TPSA) is 86.6 Å². The van der Waals surface area contributed by atoms with Gasteiger partial charge in [0.05, 0.1) is 0 Å². The number of carbonyl (C=O) groups is 2. The quantitative estimate of drug-likeness (QED) is 0.688. The number of carboxylic acids is 1. The van der Waals surface area contributed by atoms with Crippen LogP contribution in [-0.4, -0.2) is 34.7 Å². The molecule has 0 spiro atoms. The Kier molecular flexibility index (Phi) is 5.36. The van der Waals surface area contributed by atoms with Crippen molar-refractivity contribution >= 4 is 34.5 Å². The zero-order valence-corrected chi connectivity index (χ0v) is 11.0. The van der Waals surface area contributed by atoms with Crippen molar-refractivity contribution in [1.29, 1.82) is 0 Å². The zero-order chi connectivity index (χ0) is 12.8. The van der Waals surface area contributed by atoms with Gasteiger partial charge in [-0.1, -0.05) is 0 Å². The van der Waals surface area contributed by atoms with Crippen LogP contribution in [0.15, 0.2) is 24.3 Å². The standard InChI is InChI=1S/C11H12INO4/c12-8-3-1-7(2-4-8)10(15)13-9(5-6-14)11(16)17/h1-4,9,14H,5-6H2,(H,13,15)(H,16,17). The molecule has 0 heterocycles. The largest absolute Gasteiger partial charge is 0.480 e. The molecule has 1 atom stereocenters. The third-order valence-electron chi connectivity index (χ3n) is 2.13. The minimum absolute atomic E-state index is 0.00849. The lowest BCUT2D eigenvalue weighted by Gasteiger charge is -2.13. The number of hydrogen-bond donors (Lipinski definition) is 3. The molecule has 0 saturated heterocycles. The van der Waals surface area contributed by atoms with Crippen molar-refractivity contribution in [3.63, 3.8) is 0 Å². The average Bonchev–Trinajstić information content (AvgIpc) is 2.29. The van der Waals surface area contributed by atoms with Crippen molar-refractivity contribution in [2.24, 2.45) is 0 Å². The SMILES string of the molecule is O=C(NC(CCO)C(=O)O)c1ccc(I)cc1. The lowest BCUT2D eigenvalue weighted by atomic mass is 10.1. The molecule has 0 bridgehead atoms. The highest BCUT2D eigenvalue weighted by molar-refractivity contribution is 14.1. The molecule has 1 amide bonds. The lowest BCUT2D eigenvalue weighted by Crippen LogP contribution is -2.41. The van der Waals surface area contributed by atoms with Crippen LogP contribution in [0.4, 0.5) is 0 Å². The van der Waals surface area contributed by atoms with Crippen molar-refractivity contribution in [1.82, 2.24) is 5.32 Å². The number of nitrogens with one attached hydrogen (secondary N) is 1. The summed E-state index contributed by atoms with van der Waals surface area (Å²) >= 11 is 2.11. The number of aliphatic hydroxyl groups is 1. The third kappa shape index (κ3) is 4.31. The summed E-state index contributed by atoms with van der Waals surface area (Å²) in [5.74, 6) is -1.61. The molecule has 3 N–H and O–H groups in total. The molecule has 92 valence electrons. The highest BCUT2D eigenvalue weighted by atomic mass is 127. The van der Waals surface area contributed by atoms with E-state index in [1.54, 1.807) is 24.3 Å². The summed E-state index contributed by atoms with van der Waals surface area (Å²) in [7, 11) is 0. The Bertz CT molecular complexity index is 404. The fourth-order valence-corrected chi connectivity index (χ4v) is 1.59. The smallest absolute Gasteiger partial charge is 0.326 e. The molecule has 0 aliphatic heterocycles. The molecule has 1 rings (SSSR count). The fraction of sp³-hybridized carbons (Fsp3) is 0.273. The second kappa shape index (κ2) is 6.55. The monoisotopic (exact) mass is 349 g/mol. The van der Waals surface area contributed by atoms with E-state index in [9.17, 15) is 9.59 Å². The van der Waals surface area contributed by atoms with Crippen LogP contribution in [0.1, 0.15) is 16.8 Å². The minimum Gasteiger partial charge on any atom is -0.480 e. The van der Waals surface area contributed by atoms with Gasteiger partial charge in [0.15, 0.2) is 0 Å². The Hall–Kier alpha value is -1.15. The molecule has 0 aliphatic rings. The van der Waals surface area contributed by atoms with Gasteiger partial charge in [-0.2, -0.15) is 0 Å². The number of carboxylic acid groups (broad SMARTS) is 1. The molecule has 5 nitrogen and oxygen atoms in total. The van der Waals surface area contributed by atoms with E-state index in [0.29, 0.717) is 5.56 Å². The molecule has 0 saturated carbocycles. The van der Waals surface area contributed by atoms with Crippen molar-refractivity contribution in [3.8, 4) is 0 Å². The first-order chi connectivity index (χ1) is 8.04. The van der Waals surface area contributed by atoms with Gasteiger partial charge in [-0.05, 0) is 46.9 Å². The van der Waals surface area contributed by atoms with Crippen molar-refractivity contribution in [3.05, 3.63) is 33.4 Å². The number of benzene rings is 1. The molecule has 1 aromatic carbocycles. The van der Waals surface area contributed by atoms with Crippen molar-refractivity contribution in [2.45, 2.75) is 12.5 Å². The first-order valence-corrected chi connectivity index (χ1v) is 6.02. The highest BCUT2D eigenvalue weighted by Gasteiger charge is 2.19. The van der Waals surface area contributed by atoms with E-state index < -0.39 is 17.9 Å². The highest BCUT2D eigenvalue weighted by Crippen LogP contribution is 2.07. The predicted molar refractivity (Wildman–Crippen MR) is 69.8 cm³/mol. The van der Waals surface area contributed by atoms with Crippen LogP contribution in [0.3, 0.4) is 0 Å². The van der Waals surface area contributed by atoms with Crippen LogP contribution < -0.4 is 5.32 Å². The second-order valence-electron chi connectivity index (χ2n) is 3.38. The Morgan fingerprint density at radius 3 is 2.35 bits per heavy atom. The van der Waals surface area contributed by atoms with E-state index >= 15 is 0 Å². The Morgan fingerprint density at radius 1 is 1.29 bits per heavy atom. The number of amides is 1. The molecular weight excluding hydrogens is 337 g/mol. The van der Waals surface area contributed by atoms with Gasteiger partial charge in [0, 0.05) is 22.2 Å². The summed E-state index contributed by atoms with van der Waals surface area (Å²) < 4.78 is 0.990. The van der Waals surface area contributed by atoms with E-state index in [4.69, 9.17) is 10.2 Å². The number of aliphatic hydroxyl groups excluding tert-OH is 1. The zero-order valence-electron chi connectivity index (χ0n) is 8.89. The summed E-state index contributed by atoms with van der Waals surface area (Å²) in [6.45, 7) is -0.288. The maximum absolute atomic E-state index is 11.7. The average molecular weight is 349 g/mol. The summed E-state index contributed by atoms with van der Waals surface area (Å²) in [5.41, 5.74) is 0.398. The fourth-order valence-electron chi connectivity index (χ4n) is 1.23. The van der Waals surface area contributed by atoms with Crippen LogP contribution in [0, 0.1) is 3.57 Å². The van der Waals surface area contributed by atoms with Gasteiger partial charge in [0.1, 0.15) is 6.04 Å². The molecule has 0 radical (unpaired) electrons. The molecule has 0 aromatic heterocycles. The van der Waals surface area contributed by atoms with Gasteiger partial charge in [-0.15, -0.1) is 0 Å². The van der Waals surface area contributed by atoms with E-state index in [0.717, 1.165) is 3.57 Å². The van der Waals surface area contributed by atoms with Crippen LogP contribution in [-0.2, 0) is 4.79 Å².